The molecule has 3 aromatic rings. The van der Waals surface area contributed by atoms with Gasteiger partial charge in [0.2, 0.25) is 0 Å². The number of hydrogen-bond donors (Lipinski definition) is 1. The topological polar surface area (TPSA) is 52.9 Å². The van der Waals surface area contributed by atoms with Crippen molar-refractivity contribution in [2.75, 3.05) is 5.32 Å². The number of nitriles is 1. The maximum absolute atomic E-state index is 12.6. The first-order chi connectivity index (χ1) is 14.0. The van der Waals surface area contributed by atoms with Gasteiger partial charge in [-0.2, -0.15) is 5.26 Å². The number of benzene rings is 3. The molecule has 0 bridgehead atoms. The Kier molecular flexibility index (Phi) is 7.03. The molecule has 3 rings (SSSR count). The van der Waals surface area contributed by atoms with Crippen LogP contribution < -0.4 is 5.32 Å². The molecule has 0 radical (unpaired) electrons. The van der Waals surface area contributed by atoms with Gasteiger partial charge in [0.05, 0.1) is 0 Å². The summed E-state index contributed by atoms with van der Waals surface area (Å²) in [7, 11) is 0. The van der Waals surface area contributed by atoms with E-state index in [1.54, 1.807) is 12.1 Å². The Morgan fingerprint density at radius 3 is 2.55 bits per heavy atom. The van der Waals surface area contributed by atoms with Crippen LogP contribution in [0.3, 0.4) is 0 Å². The minimum Gasteiger partial charge on any atom is -0.321 e. The van der Waals surface area contributed by atoms with Crippen LogP contribution in [0.4, 0.5) is 5.69 Å². The van der Waals surface area contributed by atoms with Crippen molar-refractivity contribution in [3.05, 3.63) is 104 Å². The Bertz CT molecular complexity index is 1130. The fraction of sp³-hybridized carbons (Fsp3) is 0.0833. The summed E-state index contributed by atoms with van der Waals surface area (Å²) in [4.78, 5) is 12.6. The van der Waals surface area contributed by atoms with Crippen LogP contribution in [0.5, 0.6) is 0 Å². The molecule has 0 fully saturated rings. The number of hydrogen-bond acceptors (Lipinski definition) is 2. The highest BCUT2D eigenvalue weighted by Gasteiger charge is 2.12. The van der Waals surface area contributed by atoms with Crippen molar-refractivity contribution in [3.8, 4) is 6.07 Å². The molecule has 0 aromatic heterocycles. The van der Waals surface area contributed by atoms with Crippen LogP contribution in [0.25, 0.3) is 6.08 Å². The molecule has 0 atom stereocenters. The second kappa shape index (κ2) is 9.69. The fourth-order valence-electron chi connectivity index (χ4n) is 2.93. The van der Waals surface area contributed by atoms with Gasteiger partial charge in [0.1, 0.15) is 11.6 Å². The number of amides is 1. The molecule has 0 saturated carbocycles. The molecule has 0 aliphatic carbocycles. The molecular formula is C24H18Br2N2O. The average molecular weight is 510 g/mol. The minimum atomic E-state index is -0.426. The normalized spacial score (nSPS) is 11.0. The molecule has 0 heterocycles. The van der Waals surface area contributed by atoms with Gasteiger partial charge < -0.3 is 5.32 Å². The predicted octanol–water partition coefficient (Wildman–Crippen LogP) is 6.66. The van der Waals surface area contributed by atoms with Crippen LogP contribution in [0.15, 0.2) is 81.2 Å². The van der Waals surface area contributed by atoms with Crippen molar-refractivity contribution in [1.82, 2.24) is 0 Å². The number of nitrogens with zero attached hydrogens (tertiary/aromatic N) is 1. The summed E-state index contributed by atoms with van der Waals surface area (Å²) < 4.78 is 1.91. The Morgan fingerprint density at radius 1 is 1.03 bits per heavy atom. The van der Waals surface area contributed by atoms with Crippen molar-refractivity contribution in [2.45, 2.75) is 13.3 Å². The van der Waals surface area contributed by atoms with Gasteiger partial charge in [-0.05, 0) is 72.0 Å². The third-order valence-electron chi connectivity index (χ3n) is 4.39. The third kappa shape index (κ3) is 5.66. The lowest BCUT2D eigenvalue weighted by molar-refractivity contribution is -0.112. The molecule has 0 unspecified atom stereocenters. The van der Waals surface area contributed by atoms with Crippen LogP contribution in [-0.4, -0.2) is 5.91 Å². The lowest BCUT2D eigenvalue weighted by Crippen LogP contribution is -2.13. The minimum absolute atomic E-state index is 0.0537. The molecule has 3 aromatic carbocycles. The molecule has 1 amide bonds. The van der Waals surface area contributed by atoms with E-state index in [1.807, 2.05) is 67.6 Å². The van der Waals surface area contributed by atoms with E-state index in [1.165, 1.54) is 0 Å². The molecule has 3 nitrogen and oxygen atoms in total. The zero-order valence-electron chi connectivity index (χ0n) is 15.7. The van der Waals surface area contributed by atoms with E-state index < -0.39 is 5.91 Å². The van der Waals surface area contributed by atoms with Crippen LogP contribution in [0.2, 0.25) is 0 Å². The van der Waals surface area contributed by atoms with Crippen molar-refractivity contribution in [3.63, 3.8) is 0 Å². The van der Waals surface area contributed by atoms with Gasteiger partial charge in [0, 0.05) is 14.6 Å². The van der Waals surface area contributed by atoms with Crippen LogP contribution in [0.1, 0.15) is 22.3 Å². The highest BCUT2D eigenvalue weighted by molar-refractivity contribution is 9.10. The second-order valence-corrected chi connectivity index (χ2v) is 8.37. The van der Waals surface area contributed by atoms with Gasteiger partial charge in [-0.3, -0.25) is 4.79 Å². The fourth-order valence-corrected chi connectivity index (χ4v) is 3.74. The molecule has 0 aliphatic rings. The molecule has 1 N–H and O–H groups in total. The van der Waals surface area contributed by atoms with Crippen LogP contribution >= 0.6 is 31.9 Å². The van der Waals surface area contributed by atoms with Gasteiger partial charge in [-0.15, -0.1) is 0 Å². The Balaban J connectivity index is 1.92. The standard InChI is InChI=1S/C24H18Br2N2O/c1-16-5-4-7-22(11-16)28-24(29)20(15-27)13-19-14-21(25)10-9-17(19)12-18-6-2-3-8-23(18)26/h2-11,13-14H,12H2,1H3,(H,28,29)/b20-13+. The van der Waals surface area contributed by atoms with E-state index in [0.29, 0.717) is 12.1 Å². The summed E-state index contributed by atoms with van der Waals surface area (Å²) in [5, 5.41) is 12.4. The van der Waals surface area contributed by atoms with Gasteiger partial charge in [-0.1, -0.05) is 68.3 Å². The lowest BCUT2D eigenvalue weighted by Gasteiger charge is -2.10. The number of carbonyl (C=O) groups is 1. The quantitative estimate of drug-likeness (QED) is 0.309. The van der Waals surface area contributed by atoms with Crippen molar-refractivity contribution in [2.24, 2.45) is 0 Å². The highest BCUT2D eigenvalue weighted by Crippen LogP contribution is 2.25. The van der Waals surface area contributed by atoms with E-state index in [-0.39, 0.29) is 5.57 Å². The first-order valence-electron chi connectivity index (χ1n) is 8.98. The zero-order valence-corrected chi connectivity index (χ0v) is 18.9. The summed E-state index contributed by atoms with van der Waals surface area (Å²) in [5.41, 5.74) is 4.74. The number of halogens is 2. The summed E-state index contributed by atoms with van der Waals surface area (Å²) in [6.45, 7) is 1.95. The van der Waals surface area contributed by atoms with E-state index >= 15 is 0 Å². The number of anilines is 1. The van der Waals surface area contributed by atoms with Gasteiger partial charge in [0.25, 0.3) is 5.91 Å². The van der Waals surface area contributed by atoms with Crippen molar-refractivity contribution in [1.29, 1.82) is 5.26 Å². The lowest BCUT2D eigenvalue weighted by atomic mass is 9.98. The van der Waals surface area contributed by atoms with Gasteiger partial charge in [-0.25, -0.2) is 0 Å². The molecule has 5 heteroatoms. The highest BCUT2D eigenvalue weighted by atomic mass is 79.9. The number of carbonyl (C=O) groups excluding carboxylic acids is 1. The van der Waals surface area contributed by atoms with Crippen molar-refractivity contribution < 1.29 is 4.79 Å². The Morgan fingerprint density at radius 2 is 1.83 bits per heavy atom. The van der Waals surface area contributed by atoms with E-state index in [9.17, 15) is 10.1 Å². The molecule has 29 heavy (non-hydrogen) atoms. The molecule has 0 saturated heterocycles. The van der Waals surface area contributed by atoms with E-state index in [4.69, 9.17) is 0 Å². The molecule has 144 valence electrons. The predicted molar refractivity (Wildman–Crippen MR) is 124 cm³/mol. The molecule has 0 aliphatic heterocycles. The first kappa shape index (κ1) is 21.0. The van der Waals surface area contributed by atoms with Crippen LogP contribution in [-0.2, 0) is 11.2 Å². The zero-order chi connectivity index (χ0) is 20.8. The van der Waals surface area contributed by atoms with Gasteiger partial charge >= 0.3 is 0 Å². The smallest absolute Gasteiger partial charge is 0.266 e. The molecular weight excluding hydrogens is 492 g/mol. The monoisotopic (exact) mass is 508 g/mol. The van der Waals surface area contributed by atoms with Crippen LogP contribution in [0, 0.1) is 18.3 Å². The Labute approximate surface area is 187 Å². The first-order valence-corrected chi connectivity index (χ1v) is 10.6. The maximum Gasteiger partial charge on any atom is 0.266 e. The van der Waals surface area contributed by atoms with Gasteiger partial charge in [0.15, 0.2) is 0 Å². The average Bonchev–Trinajstić information content (AvgIpc) is 2.69. The van der Waals surface area contributed by atoms with E-state index in [0.717, 1.165) is 31.2 Å². The third-order valence-corrected chi connectivity index (χ3v) is 5.65. The second-order valence-electron chi connectivity index (χ2n) is 6.60. The SMILES string of the molecule is Cc1cccc(NC(=O)/C(C#N)=C/c2cc(Br)ccc2Cc2ccccc2Br)c1. The van der Waals surface area contributed by atoms with E-state index in [2.05, 4.69) is 43.2 Å². The summed E-state index contributed by atoms with van der Waals surface area (Å²) >= 11 is 7.07. The molecule has 0 spiro atoms. The number of nitrogens with one attached hydrogen (secondary N) is 1. The summed E-state index contributed by atoms with van der Waals surface area (Å²) in [6.07, 6.45) is 2.32. The van der Waals surface area contributed by atoms with Crippen molar-refractivity contribution >= 4 is 49.5 Å². The Hall–Kier alpha value is -2.68. The maximum atomic E-state index is 12.6. The summed E-state index contributed by atoms with van der Waals surface area (Å²) in [6, 6.07) is 23.4. The largest absolute Gasteiger partial charge is 0.321 e. The number of rotatable bonds is 5. The summed E-state index contributed by atoms with van der Waals surface area (Å²) in [5.74, 6) is -0.426. The number of aryl methyl sites for hydroxylation is 1.